The molecule has 0 bridgehead atoms. The molecule has 2 rings (SSSR count). The fraction of sp³-hybridized carbons (Fsp3) is 0.500. The molecule has 1 heterocycles. The van der Waals surface area contributed by atoms with Crippen molar-refractivity contribution in [1.82, 2.24) is 0 Å². The molecular formula is C16H20BNO5. The van der Waals surface area contributed by atoms with Gasteiger partial charge >= 0.3 is 13.1 Å². The van der Waals surface area contributed by atoms with Crippen LogP contribution in [0.3, 0.4) is 0 Å². The van der Waals surface area contributed by atoms with Gasteiger partial charge in [0, 0.05) is 5.46 Å². The maximum Gasteiger partial charge on any atom is 0.498 e. The standard InChI is InChI=1S/C16H20BNO5/c1-15(2)16(3,4)23-17(22-15)12-7-10(9-18)11(14(19)21-6)8-13(12)20-5/h7-8H,1-6H3. The molecule has 6 nitrogen and oxygen atoms in total. The third-order valence-corrected chi connectivity index (χ3v) is 4.40. The van der Waals surface area contributed by atoms with E-state index in [1.54, 1.807) is 6.07 Å². The van der Waals surface area contributed by atoms with Crippen LogP contribution >= 0.6 is 0 Å². The molecule has 0 aromatic heterocycles. The van der Waals surface area contributed by atoms with Crippen LogP contribution < -0.4 is 10.2 Å². The lowest BCUT2D eigenvalue weighted by molar-refractivity contribution is 0.00578. The number of carbonyl (C=O) groups is 1. The number of hydrogen-bond acceptors (Lipinski definition) is 6. The lowest BCUT2D eigenvalue weighted by Gasteiger charge is -2.32. The van der Waals surface area contributed by atoms with Crippen LogP contribution in [0.5, 0.6) is 5.75 Å². The first kappa shape index (κ1) is 17.3. The Morgan fingerprint density at radius 3 is 2.17 bits per heavy atom. The van der Waals surface area contributed by atoms with Crippen LogP contribution in [0.4, 0.5) is 0 Å². The molecule has 0 N–H and O–H groups in total. The number of hydrogen-bond donors (Lipinski definition) is 0. The molecule has 23 heavy (non-hydrogen) atoms. The molecule has 1 fully saturated rings. The quantitative estimate of drug-likeness (QED) is 0.623. The highest BCUT2D eigenvalue weighted by Crippen LogP contribution is 2.37. The molecular weight excluding hydrogens is 297 g/mol. The van der Waals surface area contributed by atoms with E-state index < -0.39 is 24.3 Å². The summed E-state index contributed by atoms with van der Waals surface area (Å²) in [6, 6.07) is 5.03. The minimum atomic E-state index is -0.686. The average Bonchev–Trinajstić information content (AvgIpc) is 2.73. The second kappa shape index (κ2) is 5.87. The Bertz CT molecular complexity index is 662. The van der Waals surface area contributed by atoms with Gasteiger partial charge in [-0.25, -0.2) is 4.79 Å². The predicted molar refractivity (Wildman–Crippen MR) is 84.8 cm³/mol. The van der Waals surface area contributed by atoms with Gasteiger partial charge < -0.3 is 18.8 Å². The van der Waals surface area contributed by atoms with Crippen LogP contribution in [0.2, 0.25) is 0 Å². The van der Waals surface area contributed by atoms with Crippen LogP contribution in [0.15, 0.2) is 12.1 Å². The first-order valence-electron chi connectivity index (χ1n) is 7.23. The van der Waals surface area contributed by atoms with E-state index in [4.69, 9.17) is 18.8 Å². The summed E-state index contributed by atoms with van der Waals surface area (Å²) >= 11 is 0. The van der Waals surface area contributed by atoms with Crippen molar-refractivity contribution >= 4 is 18.6 Å². The van der Waals surface area contributed by atoms with E-state index in [-0.39, 0.29) is 11.1 Å². The van der Waals surface area contributed by atoms with E-state index >= 15 is 0 Å². The van der Waals surface area contributed by atoms with E-state index in [0.717, 1.165) is 0 Å². The van der Waals surface area contributed by atoms with Crippen molar-refractivity contribution in [1.29, 1.82) is 5.26 Å². The highest BCUT2D eigenvalue weighted by Gasteiger charge is 2.52. The van der Waals surface area contributed by atoms with E-state index in [0.29, 0.717) is 11.2 Å². The molecule has 0 radical (unpaired) electrons. The Morgan fingerprint density at radius 2 is 1.74 bits per heavy atom. The zero-order chi connectivity index (χ0) is 17.4. The molecule has 1 aromatic rings. The molecule has 0 unspecified atom stereocenters. The molecule has 1 aliphatic heterocycles. The second-order valence-corrected chi connectivity index (χ2v) is 6.33. The van der Waals surface area contributed by atoms with Gasteiger partial charge in [-0.15, -0.1) is 0 Å². The SMILES string of the molecule is COC(=O)c1cc(OC)c(B2OC(C)(C)C(C)(C)O2)cc1C#N. The number of nitriles is 1. The molecule has 0 aliphatic carbocycles. The summed E-state index contributed by atoms with van der Waals surface area (Å²) in [6.07, 6.45) is 0. The maximum atomic E-state index is 11.8. The second-order valence-electron chi connectivity index (χ2n) is 6.33. The number of carbonyl (C=O) groups excluding carboxylic acids is 1. The minimum Gasteiger partial charge on any atom is -0.497 e. The van der Waals surface area contributed by atoms with Crippen molar-refractivity contribution < 1.29 is 23.6 Å². The number of esters is 1. The number of benzene rings is 1. The molecule has 122 valence electrons. The van der Waals surface area contributed by atoms with Gasteiger partial charge in [0.2, 0.25) is 0 Å². The Morgan fingerprint density at radius 1 is 1.17 bits per heavy atom. The van der Waals surface area contributed by atoms with Gasteiger partial charge in [0.15, 0.2) is 0 Å². The first-order chi connectivity index (χ1) is 10.7. The van der Waals surface area contributed by atoms with E-state index in [2.05, 4.69) is 0 Å². The summed E-state index contributed by atoms with van der Waals surface area (Å²) in [6.45, 7) is 7.75. The van der Waals surface area contributed by atoms with Gasteiger partial charge in [0.1, 0.15) is 11.8 Å². The fourth-order valence-electron chi connectivity index (χ4n) is 2.30. The van der Waals surface area contributed by atoms with Crippen molar-refractivity contribution in [3.63, 3.8) is 0 Å². The molecule has 7 heteroatoms. The maximum absolute atomic E-state index is 11.8. The van der Waals surface area contributed by atoms with E-state index in [1.807, 2.05) is 33.8 Å². The van der Waals surface area contributed by atoms with Gasteiger partial charge in [-0.2, -0.15) is 5.26 Å². The summed E-state index contributed by atoms with van der Waals surface area (Å²) in [5, 5.41) is 9.32. The number of ether oxygens (including phenoxy) is 2. The molecule has 0 spiro atoms. The summed E-state index contributed by atoms with van der Waals surface area (Å²) < 4.78 is 22.0. The minimum absolute atomic E-state index is 0.145. The van der Waals surface area contributed by atoms with Crippen molar-refractivity contribution in [2.24, 2.45) is 0 Å². The van der Waals surface area contributed by atoms with Crippen LogP contribution in [-0.4, -0.2) is 38.5 Å². The predicted octanol–water partition coefficient (Wildman–Crippen LogP) is 1.65. The third-order valence-electron chi connectivity index (χ3n) is 4.40. The highest BCUT2D eigenvalue weighted by molar-refractivity contribution is 6.63. The number of rotatable bonds is 3. The number of nitrogens with zero attached hydrogens (tertiary/aromatic N) is 1. The number of methoxy groups -OCH3 is 2. The van der Waals surface area contributed by atoms with Gasteiger partial charge in [-0.05, 0) is 39.8 Å². The average molecular weight is 317 g/mol. The molecule has 0 saturated carbocycles. The lowest BCUT2D eigenvalue weighted by Crippen LogP contribution is -2.41. The molecule has 0 amide bonds. The fourth-order valence-corrected chi connectivity index (χ4v) is 2.30. The zero-order valence-corrected chi connectivity index (χ0v) is 14.2. The van der Waals surface area contributed by atoms with Crippen LogP contribution in [0.1, 0.15) is 43.6 Å². The van der Waals surface area contributed by atoms with Gasteiger partial charge in [0.05, 0.1) is 36.5 Å². The molecule has 1 aliphatic rings. The largest absolute Gasteiger partial charge is 0.498 e. The zero-order valence-electron chi connectivity index (χ0n) is 14.2. The van der Waals surface area contributed by atoms with Crippen molar-refractivity contribution in [3.8, 4) is 11.8 Å². The topological polar surface area (TPSA) is 77.8 Å². The Kier molecular flexibility index (Phi) is 4.42. The smallest absolute Gasteiger partial charge is 0.497 e. The van der Waals surface area contributed by atoms with Crippen molar-refractivity contribution in [2.45, 2.75) is 38.9 Å². The van der Waals surface area contributed by atoms with E-state index in [9.17, 15) is 10.1 Å². The van der Waals surface area contributed by atoms with E-state index in [1.165, 1.54) is 20.3 Å². The van der Waals surface area contributed by atoms with Gasteiger partial charge in [-0.3, -0.25) is 0 Å². The Labute approximate surface area is 136 Å². The Hall–Kier alpha value is -2.04. The third kappa shape index (κ3) is 2.92. The van der Waals surface area contributed by atoms with Crippen LogP contribution in [0, 0.1) is 11.3 Å². The summed E-state index contributed by atoms with van der Waals surface area (Å²) in [5.74, 6) is -0.191. The summed E-state index contributed by atoms with van der Waals surface area (Å²) in [7, 11) is 2.06. The molecule has 0 atom stereocenters. The normalized spacial score (nSPS) is 18.4. The first-order valence-corrected chi connectivity index (χ1v) is 7.23. The highest BCUT2D eigenvalue weighted by atomic mass is 16.7. The summed E-state index contributed by atoms with van der Waals surface area (Å²) in [5.41, 5.74) is -0.141. The van der Waals surface area contributed by atoms with Gasteiger partial charge in [0.25, 0.3) is 0 Å². The van der Waals surface area contributed by atoms with Crippen molar-refractivity contribution in [2.75, 3.05) is 14.2 Å². The van der Waals surface area contributed by atoms with Gasteiger partial charge in [-0.1, -0.05) is 0 Å². The molecule has 1 aromatic carbocycles. The van der Waals surface area contributed by atoms with Crippen LogP contribution in [0.25, 0.3) is 0 Å². The van der Waals surface area contributed by atoms with Crippen LogP contribution in [-0.2, 0) is 14.0 Å². The Balaban J connectivity index is 2.52. The molecule has 1 saturated heterocycles. The van der Waals surface area contributed by atoms with Crippen molar-refractivity contribution in [3.05, 3.63) is 23.3 Å². The summed E-state index contributed by atoms with van der Waals surface area (Å²) in [4.78, 5) is 11.8. The lowest BCUT2D eigenvalue weighted by atomic mass is 9.77. The monoisotopic (exact) mass is 317 g/mol.